The largest absolute Gasteiger partial charge is 0.351 e. The van der Waals surface area contributed by atoms with Gasteiger partial charge in [0.1, 0.15) is 0 Å². The number of fused-ring (bicyclic) bond motifs is 3. The van der Waals surface area contributed by atoms with E-state index < -0.39 is 0 Å². The van der Waals surface area contributed by atoms with Crippen LogP contribution in [0.15, 0.2) is 42.7 Å². The topological polar surface area (TPSA) is 42.0 Å². The van der Waals surface area contributed by atoms with Gasteiger partial charge in [-0.25, -0.2) is 0 Å². The van der Waals surface area contributed by atoms with Crippen LogP contribution in [0.5, 0.6) is 0 Å². The highest BCUT2D eigenvalue weighted by Crippen LogP contribution is 2.57. The molecule has 1 aromatic carbocycles. The lowest BCUT2D eigenvalue weighted by Gasteiger charge is -2.55. The van der Waals surface area contributed by atoms with Crippen molar-refractivity contribution in [3.63, 3.8) is 0 Å². The first-order chi connectivity index (χ1) is 13.8. The summed E-state index contributed by atoms with van der Waals surface area (Å²) in [5, 5.41) is 3.24. The molecule has 3 atom stereocenters. The molecule has 4 rings (SSSR count). The van der Waals surface area contributed by atoms with Crippen molar-refractivity contribution in [2.45, 2.75) is 71.1 Å². The molecule has 2 aliphatic rings. The van der Waals surface area contributed by atoms with Gasteiger partial charge >= 0.3 is 0 Å². The van der Waals surface area contributed by atoms with E-state index in [4.69, 9.17) is 0 Å². The van der Waals surface area contributed by atoms with Gasteiger partial charge in [0.05, 0.1) is 0 Å². The molecule has 0 spiro atoms. The molecule has 0 radical (unpaired) electrons. The molecule has 0 bridgehead atoms. The summed E-state index contributed by atoms with van der Waals surface area (Å²) in [5.74, 6) is 1.18. The molecular weight excluding hydrogens is 356 g/mol. The number of pyridine rings is 1. The minimum Gasteiger partial charge on any atom is -0.351 e. The Bertz CT molecular complexity index is 891. The fourth-order valence-corrected chi connectivity index (χ4v) is 6.10. The van der Waals surface area contributed by atoms with Crippen LogP contribution in [0, 0.1) is 11.3 Å². The highest BCUT2D eigenvalue weighted by atomic mass is 16.1. The number of hydrogen-bond donors (Lipinski definition) is 1. The number of benzene rings is 1. The SMILES string of the molecule is CC(C)c1ccc2c(c1)CCC1C(C)(CNC(=O)c3ccncc3)CCCC21C. The third kappa shape index (κ3) is 3.60. The maximum absolute atomic E-state index is 12.6. The van der Waals surface area contributed by atoms with Crippen LogP contribution < -0.4 is 5.32 Å². The summed E-state index contributed by atoms with van der Waals surface area (Å²) in [6.07, 6.45) is 9.38. The normalized spacial score (nSPS) is 28.5. The first-order valence-corrected chi connectivity index (χ1v) is 11.1. The zero-order chi connectivity index (χ0) is 20.6. The molecule has 1 fully saturated rings. The lowest BCUT2D eigenvalue weighted by molar-refractivity contribution is 0.0254. The second-order valence-corrected chi connectivity index (χ2v) is 10.0. The van der Waals surface area contributed by atoms with Gasteiger partial charge in [-0.05, 0) is 77.2 Å². The van der Waals surface area contributed by atoms with Crippen LogP contribution in [-0.2, 0) is 11.8 Å². The number of amides is 1. The fourth-order valence-electron chi connectivity index (χ4n) is 6.10. The number of rotatable bonds is 4. The van der Waals surface area contributed by atoms with Gasteiger partial charge in [-0.15, -0.1) is 0 Å². The minimum atomic E-state index is 0.0127. The molecular formula is C26H34N2O. The van der Waals surface area contributed by atoms with Crippen LogP contribution in [0.2, 0.25) is 0 Å². The number of nitrogens with zero attached hydrogens (tertiary/aromatic N) is 1. The first kappa shape index (κ1) is 20.1. The van der Waals surface area contributed by atoms with Crippen molar-refractivity contribution in [1.82, 2.24) is 10.3 Å². The molecule has 0 aliphatic heterocycles. The van der Waals surface area contributed by atoms with Crippen molar-refractivity contribution in [2.24, 2.45) is 11.3 Å². The molecule has 1 amide bonds. The number of aromatic nitrogens is 1. The summed E-state index contributed by atoms with van der Waals surface area (Å²) in [7, 11) is 0. The molecule has 2 aliphatic carbocycles. The monoisotopic (exact) mass is 390 g/mol. The Morgan fingerprint density at radius 2 is 1.93 bits per heavy atom. The predicted octanol–water partition coefficient (Wildman–Crippen LogP) is 5.65. The number of carbonyl (C=O) groups excluding carboxylic acids is 1. The van der Waals surface area contributed by atoms with Crippen molar-refractivity contribution >= 4 is 5.91 Å². The van der Waals surface area contributed by atoms with Gasteiger partial charge in [-0.2, -0.15) is 0 Å². The molecule has 0 saturated heterocycles. The van der Waals surface area contributed by atoms with Crippen LogP contribution in [0.3, 0.4) is 0 Å². The van der Waals surface area contributed by atoms with Crippen molar-refractivity contribution in [3.8, 4) is 0 Å². The predicted molar refractivity (Wildman–Crippen MR) is 118 cm³/mol. The lowest BCUT2D eigenvalue weighted by Crippen LogP contribution is -2.53. The Labute approximate surface area is 175 Å². The number of aryl methyl sites for hydroxylation is 1. The standard InChI is InChI=1S/C26H34N2O/c1-18(2)20-6-8-22-21(16-20)7-9-23-25(3,12-5-13-26(22,23)4)17-28-24(29)19-10-14-27-15-11-19/h6,8,10-11,14-16,18,23H,5,7,9,12-13,17H2,1-4H3,(H,28,29). The third-order valence-electron chi connectivity index (χ3n) is 7.76. The molecule has 1 heterocycles. The third-order valence-corrected chi connectivity index (χ3v) is 7.76. The zero-order valence-electron chi connectivity index (χ0n) is 18.3. The molecule has 2 aromatic rings. The van der Waals surface area contributed by atoms with E-state index in [0.717, 1.165) is 13.0 Å². The number of nitrogens with one attached hydrogen (secondary N) is 1. The van der Waals surface area contributed by atoms with Crippen molar-refractivity contribution in [2.75, 3.05) is 6.54 Å². The van der Waals surface area contributed by atoms with Gasteiger partial charge < -0.3 is 5.32 Å². The van der Waals surface area contributed by atoms with Crippen LogP contribution in [0.4, 0.5) is 0 Å². The summed E-state index contributed by atoms with van der Waals surface area (Å²) in [6.45, 7) is 10.2. The highest BCUT2D eigenvalue weighted by Gasteiger charge is 2.51. The Balaban J connectivity index is 1.57. The maximum Gasteiger partial charge on any atom is 0.251 e. The summed E-state index contributed by atoms with van der Waals surface area (Å²) < 4.78 is 0. The second kappa shape index (κ2) is 7.59. The Morgan fingerprint density at radius 3 is 2.66 bits per heavy atom. The van der Waals surface area contributed by atoms with E-state index in [2.05, 4.69) is 56.2 Å². The number of carbonyl (C=O) groups is 1. The molecule has 1 N–H and O–H groups in total. The summed E-state index contributed by atoms with van der Waals surface area (Å²) in [6, 6.07) is 10.8. The zero-order valence-corrected chi connectivity index (χ0v) is 18.3. The first-order valence-electron chi connectivity index (χ1n) is 11.1. The smallest absolute Gasteiger partial charge is 0.251 e. The average molecular weight is 391 g/mol. The molecule has 1 saturated carbocycles. The van der Waals surface area contributed by atoms with E-state index in [1.807, 2.05) is 0 Å². The van der Waals surface area contributed by atoms with Gasteiger partial charge in [0.15, 0.2) is 0 Å². The molecule has 154 valence electrons. The number of hydrogen-bond acceptors (Lipinski definition) is 2. The molecule has 3 unspecified atom stereocenters. The van der Waals surface area contributed by atoms with E-state index in [1.54, 1.807) is 35.7 Å². The maximum atomic E-state index is 12.6. The quantitative estimate of drug-likeness (QED) is 0.733. The lowest BCUT2D eigenvalue weighted by atomic mass is 9.49. The van der Waals surface area contributed by atoms with Crippen molar-refractivity contribution in [3.05, 3.63) is 65.0 Å². The fraction of sp³-hybridized carbons (Fsp3) is 0.538. The summed E-state index contributed by atoms with van der Waals surface area (Å²) in [5.41, 5.74) is 5.60. The Kier molecular flexibility index (Phi) is 5.27. The minimum absolute atomic E-state index is 0.0127. The van der Waals surface area contributed by atoms with E-state index in [-0.39, 0.29) is 16.7 Å². The Morgan fingerprint density at radius 1 is 1.17 bits per heavy atom. The van der Waals surface area contributed by atoms with E-state index in [9.17, 15) is 4.79 Å². The average Bonchev–Trinajstić information content (AvgIpc) is 2.72. The van der Waals surface area contributed by atoms with Gasteiger partial charge in [0, 0.05) is 24.5 Å². The second-order valence-electron chi connectivity index (χ2n) is 10.0. The van der Waals surface area contributed by atoms with Crippen LogP contribution in [0.25, 0.3) is 0 Å². The highest BCUT2D eigenvalue weighted by molar-refractivity contribution is 5.93. The van der Waals surface area contributed by atoms with Crippen LogP contribution in [0.1, 0.15) is 86.3 Å². The molecule has 3 heteroatoms. The molecule has 1 aromatic heterocycles. The summed E-state index contributed by atoms with van der Waals surface area (Å²) >= 11 is 0. The van der Waals surface area contributed by atoms with E-state index in [0.29, 0.717) is 17.4 Å². The van der Waals surface area contributed by atoms with E-state index in [1.165, 1.54) is 31.2 Å². The summed E-state index contributed by atoms with van der Waals surface area (Å²) in [4.78, 5) is 16.6. The van der Waals surface area contributed by atoms with Gasteiger partial charge in [-0.1, -0.05) is 52.3 Å². The van der Waals surface area contributed by atoms with Crippen molar-refractivity contribution < 1.29 is 4.79 Å². The van der Waals surface area contributed by atoms with E-state index >= 15 is 0 Å². The molecule has 3 nitrogen and oxygen atoms in total. The van der Waals surface area contributed by atoms with Crippen LogP contribution >= 0.6 is 0 Å². The molecule has 29 heavy (non-hydrogen) atoms. The van der Waals surface area contributed by atoms with Crippen molar-refractivity contribution in [1.29, 1.82) is 0 Å². The van der Waals surface area contributed by atoms with Crippen LogP contribution in [-0.4, -0.2) is 17.4 Å². The van der Waals surface area contributed by atoms with Gasteiger partial charge in [0.25, 0.3) is 5.91 Å². The Hall–Kier alpha value is -2.16. The van der Waals surface area contributed by atoms with Gasteiger partial charge in [0.2, 0.25) is 0 Å². The van der Waals surface area contributed by atoms with Gasteiger partial charge in [-0.3, -0.25) is 9.78 Å².